The van der Waals surface area contributed by atoms with Crippen LogP contribution in [0.4, 0.5) is 5.69 Å². The van der Waals surface area contributed by atoms with Gasteiger partial charge in [-0.1, -0.05) is 30.3 Å². The van der Waals surface area contributed by atoms with Crippen LogP contribution >= 0.6 is 0 Å². The molecule has 3 heterocycles. The highest BCUT2D eigenvalue weighted by molar-refractivity contribution is 6.05. The van der Waals surface area contributed by atoms with Gasteiger partial charge in [0.05, 0.1) is 5.69 Å². The molecule has 5 aromatic rings. The van der Waals surface area contributed by atoms with Crippen LogP contribution in [-0.2, 0) is 0 Å². The van der Waals surface area contributed by atoms with Gasteiger partial charge in [-0.25, -0.2) is 4.79 Å². The van der Waals surface area contributed by atoms with Crippen LogP contribution in [0, 0.1) is 0 Å². The number of carbonyl (C=O) groups is 1. The minimum Gasteiger partial charge on any atom is -0.422 e. The summed E-state index contributed by atoms with van der Waals surface area (Å²) in [6.07, 6.45) is 1.52. The van der Waals surface area contributed by atoms with Gasteiger partial charge in [0.1, 0.15) is 17.5 Å². The first kappa shape index (κ1) is 16.8. The lowest BCUT2D eigenvalue weighted by atomic mass is 10.1. The molecular weight excluding hydrogens is 370 g/mol. The van der Waals surface area contributed by atoms with Gasteiger partial charge in [-0.3, -0.25) is 4.79 Å². The topological polar surface area (TPSA) is 102 Å². The zero-order valence-corrected chi connectivity index (χ0v) is 14.9. The van der Waals surface area contributed by atoms with Crippen molar-refractivity contribution in [2.75, 3.05) is 5.32 Å². The molecule has 8 heteroatoms. The van der Waals surface area contributed by atoms with Gasteiger partial charge >= 0.3 is 5.63 Å². The molecule has 29 heavy (non-hydrogen) atoms. The largest absolute Gasteiger partial charge is 0.422 e. The van der Waals surface area contributed by atoms with Gasteiger partial charge in [-0.05, 0) is 36.4 Å². The predicted octanol–water partition coefficient (Wildman–Crippen LogP) is 3.15. The standard InChI is InChI=1S/C21H13N5O3/c27-20(16-11-14-4-1-2-7-18(14)29-21(16)28)23-15-6-3-5-13(10-15)17-8-9-19-24-22-12-26(19)25-17/h1-12H,(H,23,27). The summed E-state index contributed by atoms with van der Waals surface area (Å²) in [5.74, 6) is -0.538. The van der Waals surface area contributed by atoms with Crippen molar-refractivity contribution in [1.82, 2.24) is 19.8 Å². The lowest BCUT2D eigenvalue weighted by molar-refractivity contribution is 0.102. The second-order valence-electron chi connectivity index (χ2n) is 6.37. The van der Waals surface area contributed by atoms with E-state index in [0.29, 0.717) is 28.0 Å². The summed E-state index contributed by atoms with van der Waals surface area (Å²) in [5.41, 5.74) is 2.36. The molecule has 8 nitrogen and oxygen atoms in total. The molecule has 0 spiro atoms. The maximum absolute atomic E-state index is 12.7. The second kappa shape index (κ2) is 6.68. The van der Waals surface area contributed by atoms with Crippen molar-refractivity contribution in [3.63, 3.8) is 0 Å². The molecule has 0 saturated carbocycles. The third-order valence-corrected chi connectivity index (χ3v) is 4.46. The van der Waals surface area contributed by atoms with Crippen LogP contribution < -0.4 is 10.9 Å². The molecule has 0 radical (unpaired) electrons. The lowest BCUT2D eigenvalue weighted by Gasteiger charge is -2.07. The summed E-state index contributed by atoms with van der Waals surface area (Å²) in [5, 5.41) is 15.6. The van der Waals surface area contributed by atoms with E-state index in [-0.39, 0.29) is 5.56 Å². The highest BCUT2D eigenvalue weighted by atomic mass is 16.4. The van der Waals surface area contributed by atoms with Gasteiger partial charge in [0.15, 0.2) is 5.65 Å². The molecule has 0 aliphatic rings. The number of rotatable bonds is 3. The normalized spacial score (nSPS) is 11.0. The molecule has 1 amide bonds. The fourth-order valence-electron chi connectivity index (χ4n) is 3.06. The smallest absolute Gasteiger partial charge is 0.349 e. The minimum atomic E-state index is -0.683. The number of aromatic nitrogens is 4. The first-order valence-electron chi connectivity index (χ1n) is 8.79. The predicted molar refractivity (Wildman–Crippen MR) is 107 cm³/mol. The molecule has 0 aliphatic heterocycles. The van der Waals surface area contributed by atoms with Crippen molar-refractivity contribution in [2.24, 2.45) is 0 Å². The third kappa shape index (κ3) is 3.12. The average molecular weight is 383 g/mol. The van der Waals surface area contributed by atoms with Gasteiger partial charge in [0.25, 0.3) is 5.91 Å². The van der Waals surface area contributed by atoms with Crippen LogP contribution in [0.1, 0.15) is 10.4 Å². The SMILES string of the molecule is O=C(Nc1cccc(-c2ccc3nncn3n2)c1)c1cc2ccccc2oc1=O. The molecule has 0 atom stereocenters. The Kier molecular flexibility index (Phi) is 3.87. The highest BCUT2D eigenvalue weighted by Gasteiger charge is 2.14. The average Bonchev–Trinajstić information content (AvgIpc) is 3.21. The van der Waals surface area contributed by atoms with E-state index in [4.69, 9.17) is 4.42 Å². The number of carbonyl (C=O) groups excluding carboxylic acids is 1. The second-order valence-corrected chi connectivity index (χ2v) is 6.37. The number of fused-ring (bicyclic) bond motifs is 2. The van der Waals surface area contributed by atoms with E-state index in [0.717, 1.165) is 5.56 Å². The van der Waals surface area contributed by atoms with Crippen LogP contribution in [0.2, 0.25) is 0 Å². The Labute approximate surface area is 163 Å². The lowest BCUT2D eigenvalue weighted by Crippen LogP contribution is -2.20. The van der Waals surface area contributed by atoms with Crippen LogP contribution in [0.15, 0.2) is 82.3 Å². The van der Waals surface area contributed by atoms with Crippen LogP contribution in [0.25, 0.3) is 27.9 Å². The number of benzene rings is 2. The van der Waals surface area contributed by atoms with Crippen molar-refractivity contribution in [3.05, 3.63) is 89.0 Å². The number of amides is 1. The number of hydrogen-bond acceptors (Lipinski definition) is 6. The number of nitrogens with one attached hydrogen (secondary N) is 1. The monoisotopic (exact) mass is 383 g/mol. The molecule has 2 aromatic carbocycles. The Morgan fingerprint density at radius 2 is 1.90 bits per heavy atom. The van der Waals surface area contributed by atoms with Crippen LogP contribution in [-0.4, -0.2) is 25.7 Å². The van der Waals surface area contributed by atoms with Gasteiger partial charge in [0.2, 0.25) is 0 Å². The van der Waals surface area contributed by atoms with Crippen LogP contribution in [0.3, 0.4) is 0 Å². The molecule has 5 rings (SSSR count). The van der Waals surface area contributed by atoms with E-state index in [2.05, 4.69) is 20.6 Å². The number of hydrogen-bond donors (Lipinski definition) is 1. The quantitative estimate of drug-likeness (QED) is 0.480. The Hall–Kier alpha value is -4.33. The number of anilines is 1. The summed E-state index contributed by atoms with van der Waals surface area (Å²) in [6, 6.07) is 19.4. The van der Waals surface area contributed by atoms with Crippen molar-refractivity contribution >= 4 is 28.2 Å². The van der Waals surface area contributed by atoms with E-state index in [1.165, 1.54) is 12.4 Å². The highest BCUT2D eigenvalue weighted by Crippen LogP contribution is 2.21. The maximum Gasteiger partial charge on any atom is 0.349 e. The molecule has 0 bridgehead atoms. The first-order chi connectivity index (χ1) is 14.2. The molecule has 0 unspecified atom stereocenters. The summed E-state index contributed by atoms with van der Waals surface area (Å²) < 4.78 is 6.81. The van der Waals surface area contributed by atoms with Crippen molar-refractivity contribution in [2.45, 2.75) is 0 Å². The Bertz CT molecular complexity index is 1440. The molecule has 1 N–H and O–H groups in total. The van der Waals surface area contributed by atoms with E-state index in [1.807, 2.05) is 18.2 Å². The minimum absolute atomic E-state index is 0.0573. The molecule has 0 fully saturated rings. The molecule has 0 aliphatic carbocycles. The summed E-state index contributed by atoms with van der Waals surface area (Å²) in [7, 11) is 0. The Balaban J connectivity index is 1.46. The van der Waals surface area contributed by atoms with Gasteiger partial charge in [-0.2, -0.15) is 9.61 Å². The maximum atomic E-state index is 12.7. The zero-order valence-electron chi connectivity index (χ0n) is 14.9. The molecular formula is C21H13N5O3. The molecule has 140 valence electrons. The molecule has 0 saturated heterocycles. The zero-order chi connectivity index (χ0) is 19.8. The van der Waals surface area contributed by atoms with E-state index >= 15 is 0 Å². The first-order valence-corrected chi connectivity index (χ1v) is 8.79. The van der Waals surface area contributed by atoms with Gasteiger partial charge in [-0.15, -0.1) is 10.2 Å². The van der Waals surface area contributed by atoms with Crippen molar-refractivity contribution < 1.29 is 9.21 Å². The van der Waals surface area contributed by atoms with Gasteiger partial charge in [0, 0.05) is 16.6 Å². The van der Waals surface area contributed by atoms with E-state index in [9.17, 15) is 9.59 Å². The third-order valence-electron chi connectivity index (χ3n) is 4.46. The number of nitrogens with zero attached hydrogens (tertiary/aromatic N) is 4. The van der Waals surface area contributed by atoms with Crippen molar-refractivity contribution in [3.8, 4) is 11.3 Å². The Morgan fingerprint density at radius 3 is 2.83 bits per heavy atom. The summed E-state index contributed by atoms with van der Waals surface area (Å²) in [4.78, 5) is 24.9. The van der Waals surface area contributed by atoms with E-state index in [1.54, 1.807) is 47.0 Å². The fraction of sp³-hybridized carbons (Fsp3) is 0. The number of para-hydroxylation sites is 1. The van der Waals surface area contributed by atoms with E-state index < -0.39 is 11.5 Å². The van der Waals surface area contributed by atoms with Crippen LogP contribution in [0.5, 0.6) is 0 Å². The molecule has 3 aromatic heterocycles. The summed E-state index contributed by atoms with van der Waals surface area (Å²) >= 11 is 0. The fourth-order valence-corrected chi connectivity index (χ4v) is 3.06. The van der Waals surface area contributed by atoms with Crippen molar-refractivity contribution in [1.29, 1.82) is 0 Å². The Morgan fingerprint density at radius 1 is 1.00 bits per heavy atom. The van der Waals surface area contributed by atoms with Gasteiger partial charge < -0.3 is 9.73 Å². The summed E-state index contributed by atoms with van der Waals surface area (Å²) in [6.45, 7) is 0.